The van der Waals surface area contributed by atoms with E-state index in [1.54, 1.807) is 26.2 Å². The quantitative estimate of drug-likeness (QED) is 0.384. The Balaban J connectivity index is 1.81. The first-order chi connectivity index (χ1) is 17.3. The second-order valence-electron chi connectivity index (χ2n) is 10.5. The molecule has 0 bridgehead atoms. The number of phenols is 1. The van der Waals surface area contributed by atoms with Gasteiger partial charge >= 0.3 is 0 Å². The summed E-state index contributed by atoms with van der Waals surface area (Å²) in [5.41, 5.74) is 3.20. The standard InChI is InChI=1S/C27H29N3O7/c1-29(2)19-12-7-5-6-8-13(12)21(31)17-14(19)9-11-10-15-20(30(3)4)23(33)18(26(28)36)25(35)27(15,37)24(34)16(11)22(17)32/h5-8,11,15,20,31-32,35,37H,9-10H2,1-4H3,(H2,28,36)/t11-,15-,20-,27-/m0/s1. The summed E-state index contributed by atoms with van der Waals surface area (Å²) in [6.07, 6.45) is 0.284. The average molecular weight is 508 g/mol. The minimum atomic E-state index is -2.65. The lowest BCUT2D eigenvalue weighted by atomic mass is 9.57. The van der Waals surface area contributed by atoms with E-state index >= 15 is 0 Å². The maximum absolute atomic E-state index is 13.9. The van der Waals surface area contributed by atoms with Gasteiger partial charge in [0.15, 0.2) is 11.4 Å². The van der Waals surface area contributed by atoms with E-state index in [-0.39, 0.29) is 29.7 Å². The molecule has 37 heavy (non-hydrogen) atoms. The molecule has 1 saturated carbocycles. The van der Waals surface area contributed by atoms with Gasteiger partial charge in [-0.2, -0.15) is 0 Å². The summed E-state index contributed by atoms with van der Waals surface area (Å²) in [4.78, 5) is 42.6. The van der Waals surface area contributed by atoms with Gasteiger partial charge < -0.3 is 31.1 Å². The van der Waals surface area contributed by atoms with E-state index in [2.05, 4.69) is 0 Å². The van der Waals surface area contributed by atoms with Crippen molar-refractivity contribution in [3.63, 3.8) is 0 Å². The lowest BCUT2D eigenvalue weighted by Gasteiger charge is -2.50. The molecular formula is C27H29N3O7. The number of primary amides is 1. The number of nitrogens with two attached hydrogens (primary N) is 1. The van der Waals surface area contributed by atoms with Crippen molar-refractivity contribution in [2.45, 2.75) is 24.5 Å². The molecule has 5 rings (SSSR count). The number of aromatic hydroxyl groups is 1. The van der Waals surface area contributed by atoms with Crippen molar-refractivity contribution in [2.24, 2.45) is 17.6 Å². The Morgan fingerprint density at radius 2 is 1.68 bits per heavy atom. The molecule has 0 spiro atoms. The zero-order chi connectivity index (χ0) is 27.1. The predicted octanol–water partition coefficient (Wildman–Crippen LogP) is 1.18. The molecule has 0 aromatic heterocycles. The summed E-state index contributed by atoms with van der Waals surface area (Å²) in [6, 6.07) is 6.04. The van der Waals surface area contributed by atoms with E-state index in [0.717, 1.165) is 11.1 Å². The van der Waals surface area contributed by atoms with Gasteiger partial charge in [0, 0.05) is 42.0 Å². The number of benzene rings is 2. The summed E-state index contributed by atoms with van der Waals surface area (Å²) < 4.78 is 0. The van der Waals surface area contributed by atoms with Gasteiger partial charge in [0.1, 0.15) is 22.8 Å². The number of phenolic OH excluding ortho intramolecular Hbond substituents is 1. The number of carbonyl (C=O) groups is 3. The Kier molecular flexibility index (Phi) is 5.40. The van der Waals surface area contributed by atoms with Gasteiger partial charge in [-0.3, -0.25) is 19.3 Å². The van der Waals surface area contributed by atoms with Gasteiger partial charge in [0.05, 0.1) is 11.6 Å². The van der Waals surface area contributed by atoms with Crippen LogP contribution >= 0.6 is 0 Å². The Labute approximate surface area is 212 Å². The number of aliphatic hydroxyl groups excluding tert-OH is 2. The molecule has 0 unspecified atom stereocenters. The molecule has 10 heteroatoms. The van der Waals surface area contributed by atoms with Crippen LogP contribution in [0, 0.1) is 11.8 Å². The monoisotopic (exact) mass is 507 g/mol. The number of hydrogen-bond donors (Lipinski definition) is 5. The molecule has 10 nitrogen and oxygen atoms in total. The molecule has 0 saturated heterocycles. The largest absolute Gasteiger partial charge is 0.508 e. The fourth-order valence-electron chi connectivity index (χ4n) is 6.55. The van der Waals surface area contributed by atoms with Gasteiger partial charge in [-0.05, 0) is 38.4 Å². The first-order valence-corrected chi connectivity index (χ1v) is 11.9. The van der Waals surface area contributed by atoms with Gasteiger partial charge in [-0.15, -0.1) is 0 Å². The van der Waals surface area contributed by atoms with Crippen LogP contribution in [0.5, 0.6) is 5.75 Å². The third kappa shape index (κ3) is 3.09. The maximum Gasteiger partial charge on any atom is 0.255 e. The first-order valence-electron chi connectivity index (χ1n) is 11.9. The van der Waals surface area contributed by atoms with Crippen molar-refractivity contribution >= 4 is 39.7 Å². The molecule has 1 fully saturated rings. The van der Waals surface area contributed by atoms with Crippen molar-refractivity contribution in [2.75, 3.05) is 33.1 Å². The molecule has 0 aliphatic heterocycles. The van der Waals surface area contributed by atoms with Gasteiger partial charge in [0.25, 0.3) is 5.91 Å². The predicted molar refractivity (Wildman–Crippen MR) is 136 cm³/mol. The Morgan fingerprint density at radius 1 is 1.05 bits per heavy atom. The van der Waals surface area contributed by atoms with Crippen LogP contribution in [0.15, 0.2) is 41.2 Å². The third-order valence-electron chi connectivity index (χ3n) is 8.02. The summed E-state index contributed by atoms with van der Waals surface area (Å²) in [5.74, 6) is -6.59. The number of hydrogen-bond acceptors (Lipinski definition) is 9. The van der Waals surface area contributed by atoms with E-state index < -0.39 is 58.0 Å². The van der Waals surface area contributed by atoms with E-state index in [1.807, 2.05) is 31.1 Å². The lowest BCUT2D eigenvalue weighted by Crippen LogP contribution is -2.65. The normalized spacial score (nSPS) is 27.4. The second kappa shape index (κ2) is 8.06. The van der Waals surface area contributed by atoms with E-state index in [9.17, 15) is 34.8 Å². The number of anilines is 1. The molecule has 4 atom stereocenters. The number of rotatable bonds is 3. The zero-order valence-electron chi connectivity index (χ0n) is 20.9. The SMILES string of the molecule is CN(C)c1c2c(c(O)c3ccccc13)C(O)=C1C(=O)[C@]3(O)C(O)=C(C(N)=O)C(=O)[C@@H](N(C)C)[C@@H]3C[C@@H]1C2. The summed E-state index contributed by atoms with van der Waals surface area (Å²) >= 11 is 0. The minimum Gasteiger partial charge on any atom is -0.508 e. The van der Waals surface area contributed by atoms with Crippen molar-refractivity contribution in [1.82, 2.24) is 4.90 Å². The van der Waals surface area contributed by atoms with Gasteiger partial charge in [0.2, 0.25) is 5.78 Å². The molecule has 3 aliphatic rings. The highest BCUT2D eigenvalue weighted by molar-refractivity contribution is 6.24. The minimum absolute atomic E-state index is 0.0478. The summed E-state index contributed by atoms with van der Waals surface area (Å²) in [5, 5.41) is 46.6. The topological polar surface area (TPSA) is 165 Å². The lowest BCUT2D eigenvalue weighted by molar-refractivity contribution is -0.153. The smallest absolute Gasteiger partial charge is 0.255 e. The van der Waals surface area contributed by atoms with Crippen molar-refractivity contribution < 1.29 is 34.8 Å². The number of ketones is 2. The molecule has 0 heterocycles. The highest BCUT2D eigenvalue weighted by Crippen LogP contribution is 2.55. The molecule has 3 aliphatic carbocycles. The fourth-order valence-corrected chi connectivity index (χ4v) is 6.55. The number of Topliss-reactive ketones (excluding diaryl/α,β-unsaturated/α-hetero) is 2. The maximum atomic E-state index is 13.9. The highest BCUT2D eigenvalue weighted by Gasteiger charge is 2.64. The van der Waals surface area contributed by atoms with Crippen LogP contribution in [0.2, 0.25) is 0 Å². The molecule has 194 valence electrons. The number of aliphatic hydroxyl groups is 3. The zero-order valence-corrected chi connectivity index (χ0v) is 20.9. The van der Waals surface area contributed by atoms with E-state index in [0.29, 0.717) is 10.9 Å². The first kappa shape index (κ1) is 24.8. The third-order valence-corrected chi connectivity index (χ3v) is 8.02. The van der Waals surface area contributed by atoms with Gasteiger partial charge in [-0.1, -0.05) is 24.3 Å². The van der Waals surface area contributed by atoms with Crippen molar-refractivity contribution in [3.8, 4) is 5.75 Å². The van der Waals surface area contributed by atoms with Crippen molar-refractivity contribution in [3.05, 3.63) is 52.3 Å². The number of amides is 1. The summed E-state index contributed by atoms with van der Waals surface area (Å²) in [6.45, 7) is 0. The number of carbonyl (C=O) groups excluding carboxylic acids is 3. The molecular weight excluding hydrogens is 478 g/mol. The summed E-state index contributed by atoms with van der Waals surface area (Å²) in [7, 11) is 6.83. The fraction of sp³-hybridized carbons (Fsp3) is 0.370. The van der Waals surface area contributed by atoms with Crippen LogP contribution in [-0.2, 0) is 20.8 Å². The Hall–Kier alpha value is -3.89. The van der Waals surface area contributed by atoms with Crippen LogP contribution < -0.4 is 10.6 Å². The Morgan fingerprint density at radius 3 is 2.24 bits per heavy atom. The highest BCUT2D eigenvalue weighted by atomic mass is 16.3. The molecule has 2 aromatic rings. The van der Waals surface area contributed by atoms with Crippen LogP contribution in [0.4, 0.5) is 5.69 Å². The van der Waals surface area contributed by atoms with E-state index in [1.165, 1.54) is 4.90 Å². The van der Waals surface area contributed by atoms with Crippen LogP contribution in [0.3, 0.4) is 0 Å². The Bertz CT molecular complexity index is 1470. The molecule has 1 amide bonds. The number of fused-ring (bicyclic) bond motifs is 4. The number of likely N-dealkylation sites (N-methyl/N-ethyl adjacent to an activating group) is 1. The second-order valence-corrected chi connectivity index (χ2v) is 10.5. The molecule has 0 radical (unpaired) electrons. The molecule has 2 aromatic carbocycles. The van der Waals surface area contributed by atoms with E-state index in [4.69, 9.17) is 5.73 Å². The molecule has 6 N–H and O–H groups in total. The average Bonchev–Trinajstić information content (AvgIpc) is 2.81. The van der Waals surface area contributed by atoms with Crippen LogP contribution in [0.1, 0.15) is 17.5 Å². The van der Waals surface area contributed by atoms with Gasteiger partial charge in [-0.25, -0.2) is 0 Å². The van der Waals surface area contributed by atoms with Crippen LogP contribution in [-0.4, -0.2) is 82.6 Å². The van der Waals surface area contributed by atoms with Crippen molar-refractivity contribution in [1.29, 1.82) is 0 Å². The van der Waals surface area contributed by atoms with Crippen LogP contribution in [0.25, 0.3) is 16.5 Å². The number of nitrogens with zero attached hydrogens (tertiary/aromatic N) is 2.